The molecule has 0 heterocycles. The van der Waals surface area contributed by atoms with Gasteiger partial charge in [-0.1, -0.05) is 37.6 Å². The van der Waals surface area contributed by atoms with Gasteiger partial charge in [0.15, 0.2) is 0 Å². The van der Waals surface area contributed by atoms with Gasteiger partial charge in [-0.15, -0.1) is 0 Å². The molecule has 0 bridgehead atoms. The van der Waals surface area contributed by atoms with Crippen molar-refractivity contribution in [1.29, 1.82) is 0 Å². The molecule has 0 aromatic heterocycles. The lowest BCUT2D eigenvalue weighted by Gasteiger charge is -2.09. The van der Waals surface area contributed by atoms with Gasteiger partial charge >= 0.3 is 0 Å². The van der Waals surface area contributed by atoms with Gasteiger partial charge in [0.1, 0.15) is 0 Å². The summed E-state index contributed by atoms with van der Waals surface area (Å²) in [7, 11) is -3.44. The van der Waals surface area contributed by atoms with Gasteiger partial charge in [-0.3, -0.25) is 4.72 Å². The van der Waals surface area contributed by atoms with Crippen LogP contribution in [0.15, 0.2) is 48.5 Å². The number of rotatable bonds is 6. The minimum atomic E-state index is -3.44. The Morgan fingerprint density at radius 2 is 1.76 bits per heavy atom. The van der Waals surface area contributed by atoms with Crippen LogP contribution in [0.2, 0.25) is 0 Å². The lowest BCUT2D eigenvalue weighted by atomic mass is 10.1. The van der Waals surface area contributed by atoms with Crippen LogP contribution in [0.25, 0.3) is 0 Å². The second-order valence-corrected chi connectivity index (χ2v) is 6.78. The van der Waals surface area contributed by atoms with Gasteiger partial charge < -0.3 is 5.73 Å². The smallest absolute Gasteiger partial charge is 0.236 e. The molecule has 0 unspecified atom stereocenters. The molecule has 2 aromatic carbocycles. The predicted molar refractivity (Wildman–Crippen MR) is 87.5 cm³/mol. The fraction of sp³-hybridized carbons (Fsp3) is 0.250. The summed E-state index contributed by atoms with van der Waals surface area (Å²) >= 11 is 0. The number of sulfonamides is 1. The maximum absolute atomic E-state index is 12.1. The average Bonchev–Trinajstić information content (AvgIpc) is 2.40. The molecule has 2 rings (SSSR count). The second kappa shape index (κ2) is 6.63. The first-order valence-electron chi connectivity index (χ1n) is 6.92. The Hall–Kier alpha value is -2.01. The first-order valence-corrected chi connectivity index (χ1v) is 8.57. The molecular weight excluding hydrogens is 284 g/mol. The largest absolute Gasteiger partial charge is 0.399 e. The number of nitrogens with two attached hydrogens (primary N) is 1. The molecule has 0 atom stereocenters. The molecule has 0 aliphatic carbocycles. The number of aryl methyl sites for hydroxylation is 1. The minimum Gasteiger partial charge on any atom is -0.399 e. The Morgan fingerprint density at radius 3 is 2.38 bits per heavy atom. The van der Waals surface area contributed by atoms with E-state index in [1.165, 1.54) is 5.56 Å². The quantitative estimate of drug-likeness (QED) is 0.805. The van der Waals surface area contributed by atoms with E-state index < -0.39 is 10.0 Å². The molecule has 5 heteroatoms. The first kappa shape index (κ1) is 15.4. The molecule has 112 valence electrons. The van der Waals surface area contributed by atoms with E-state index in [0.29, 0.717) is 16.9 Å². The van der Waals surface area contributed by atoms with Crippen molar-refractivity contribution in [3.05, 3.63) is 59.7 Å². The van der Waals surface area contributed by atoms with Crippen LogP contribution < -0.4 is 10.5 Å². The summed E-state index contributed by atoms with van der Waals surface area (Å²) in [6, 6.07) is 14.4. The zero-order valence-electron chi connectivity index (χ0n) is 12.0. The zero-order valence-corrected chi connectivity index (χ0v) is 12.9. The molecule has 0 saturated heterocycles. The molecule has 0 spiro atoms. The van der Waals surface area contributed by atoms with E-state index in [1.54, 1.807) is 36.4 Å². The molecule has 0 radical (unpaired) electrons. The van der Waals surface area contributed by atoms with Crippen molar-refractivity contribution >= 4 is 21.4 Å². The standard InChI is InChI=1S/C16H20N2O2S/c1-2-4-13-7-9-16(10-8-13)18-21(19,20)12-14-5-3-6-15(17)11-14/h3,5-11,18H,2,4,12,17H2,1H3. The van der Waals surface area contributed by atoms with Crippen molar-refractivity contribution in [2.24, 2.45) is 0 Å². The molecule has 4 nitrogen and oxygen atoms in total. The van der Waals surface area contributed by atoms with Crippen molar-refractivity contribution in [3.8, 4) is 0 Å². The molecule has 0 amide bonds. The first-order chi connectivity index (χ1) is 9.98. The number of hydrogen-bond donors (Lipinski definition) is 2. The van der Waals surface area contributed by atoms with E-state index in [-0.39, 0.29) is 5.75 Å². The number of hydrogen-bond acceptors (Lipinski definition) is 3. The summed E-state index contributed by atoms with van der Waals surface area (Å²) in [5.41, 5.74) is 8.68. The third-order valence-corrected chi connectivity index (χ3v) is 4.33. The number of anilines is 2. The fourth-order valence-electron chi connectivity index (χ4n) is 2.15. The summed E-state index contributed by atoms with van der Waals surface area (Å²) in [5, 5.41) is 0. The Morgan fingerprint density at radius 1 is 1.05 bits per heavy atom. The Kier molecular flexibility index (Phi) is 4.85. The van der Waals surface area contributed by atoms with Crippen LogP contribution in [0.5, 0.6) is 0 Å². The van der Waals surface area contributed by atoms with Gasteiger partial charge in [0, 0.05) is 11.4 Å². The minimum absolute atomic E-state index is 0.0885. The number of nitrogens with one attached hydrogen (secondary N) is 1. The summed E-state index contributed by atoms with van der Waals surface area (Å²) in [4.78, 5) is 0. The van der Waals surface area contributed by atoms with E-state index in [2.05, 4.69) is 11.6 Å². The van der Waals surface area contributed by atoms with Crippen LogP contribution >= 0.6 is 0 Å². The number of benzene rings is 2. The lowest BCUT2D eigenvalue weighted by molar-refractivity contribution is 0.600. The molecular formula is C16H20N2O2S. The Balaban J connectivity index is 2.06. The highest BCUT2D eigenvalue weighted by atomic mass is 32.2. The fourth-order valence-corrected chi connectivity index (χ4v) is 3.33. The van der Waals surface area contributed by atoms with Gasteiger partial charge in [-0.25, -0.2) is 8.42 Å². The average molecular weight is 304 g/mol. The van der Waals surface area contributed by atoms with Gasteiger partial charge in [-0.05, 0) is 41.8 Å². The number of nitrogen functional groups attached to an aromatic ring is 1. The van der Waals surface area contributed by atoms with E-state index in [9.17, 15) is 8.42 Å². The van der Waals surface area contributed by atoms with Crippen molar-refractivity contribution in [3.63, 3.8) is 0 Å². The van der Waals surface area contributed by atoms with Crippen LogP contribution in [0, 0.1) is 0 Å². The monoisotopic (exact) mass is 304 g/mol. The summed E-state index contributed by atoms with van der Waals surface area (Å²) in [5.74, 6) is -0.0885. The van der Waals surface area contributed by atoms with Gasteiger partial charge in [0.2, 0.25) is 10.0 Å². The van der Waals surface area contributed by atoms with Crippen molar-refractivity contribution in [1.82, 2.24) is 0 Å². The maximum atomic E-state index is 12.1. The van der Waals surface area contributed by atoms with Gasteiger partial charge in [0.25, 0.3) is 0 Å². The zero-order chi connectivity index (χ0) is 15.3. The second-order valence-electron chi connectivity index (χ2n) is 5.05. The van der Waals surface area contributed by atoms with Crippen LogP contribution in [0.3, 0.4) is 0 Å². The highest BCUT2D eigenvalue weighted by Crippen LogP contribution is 2.16. The summed E-state index contributed by atoms with van der Waals surface area (Å²) < 4.78 is 26.9. The van der Waals surface area contributed by atoms with Crippen LogP contribution in [0.1, 0.15) is 24.5 Å². The maximum Gasteiger partial charge on any atom is 0.236 e. The van der Waals surface area contributed by atoms with Crippen LogP contribution in [-0.2, 0) is 22.2 Å². The third kappa shape index (κ3) is 4.79. The Bertz CT molecular complexity index is 694. The molecule has 2 aromatic rings. The normalized spacial score (nSPS) is 11.3. The third-order valence-electron chi connectivity index (χ3n) is 3.07. The van der Waals surface area contributed by atoms with Crippen LogP contribution in [-0.4, -0.2) is 8.42 Å². The summed E-state index contributed by atoms with van der Waals surface area (Å²) in [6.07, 6.45) is 2.07. The SMILES string of the molecule is CCCc1ccc(NS(=O)(=O)Cc2cccc(N)c2)cc1. The van der Waals surface area contributed by atoms with E-state index in [1.807, 2.05) is 12.1 Å². The highest BCUT2D eigenvalue weighted by Gasteiger charge is 2.11. The lowest BCUT2D eigenvalue weighted by Crippen LogP contribution is -2.15. The van der Waals surface area contributed by atoms with Gasteiger partial charge in [-0.2, -0.15) is 0 Å². The van der Waals surface area contributed by atoms with E-state index in [0.717, 1.165) is 12.8 Å². The van der Waals surface area contributed by atoms with Crippen molar-refractivity contribution in [2.45, 2.75) is 25.5 Å². The highest BCUT2D eigenvalue weighted by molar-refractivity contribution is 7.91. The summed E-state index contributed by atoms with van der Waals surface area (Å²) in [6.45, 7) is 2.11. The van der Waals surface area contributed by atoms with E-state index >= 15 is 0 Å². The predicted octanol–water partition coefficient (Wildman–Crippen LogP) is 3.16. The van der Waals surface area contributed by atoms with E-state index in [4.69, 9.17) is 5.73 Å². The molecule has 0 fully saturated rings. The van der Waals surface area contributed by atoms with Crippen molar-refractivity contribution < 1.29 is 8.42 Å². The molecule has 3 N–H and O–H groups in total. The molecule has 0 saturated carbocycles. The Labute approximate surface area is 126 Å². The van der Waals surface area contributed by atoms with Gasteiger partial charge in [0.05, 0.1) is 5.75 Å². The molecule has 0 aliphatic heterocycles. The van der Waals surface area contributed by atoms with Crippen molar-refractivity contribution in [2.75, 3.05) is 10.5 Å². The molecule has 0 aliphatic rings. The topological polar surface area (TPSA) is 72.2 Å². The van der Waals surface area contributed by atoms with Crippen LogP contribution in [0.4, 0.5) is 11.4 Å². The molecule has 21 heavy (non-hydrogen) atoms.